The zero-order valence-corrected chi connectivity index (χ0v) is 12.0. The molecular formula is C11H17N3O2S2. The molecule has 0 radical (unpaired) electrons. The Bertz CT molecular complexity index is 541. The number of aryl methyl sites for hydroxylation is 1. The topological polar surface area (TPSA) is 84.2 Å². The summed E-state index contributed by atoms with van der Waals surface area (Å²) in [5.41, 5.74) is 8.27. The van der Waals surface area contributed by atoms with Crippen molar-refractivity contribution in [3.63, 3.8) is 0 Å². The number of sulfonamides is 1. The molecule has 0 aromatic heterocycles. The molecule has 0 aliphatic rings. The number of rotatable bonds is 6. The molecule has 0 saturated carbocycles. The van der Waals surface area contributed by atoms with E-state index in [0.717, 1.165) is 23.1 Å². The Balaban J connectivity index is 2.66. The molecule has 7 heteroatoms. The Morgan fingerprint density at radius 2 is 2.06 bits per heavy atom. The molecule has 0 atom stereocenters. The van der Waals surface area contributed by atoms with Gasteiger partial charge < -0.3 is 11.1 Å². The summed E-state index contributed by atoms with van der Waals surface area (Å²) in [6.07, 6.45) is 1.13. The van der Waals surface area contributed by atoms with Crippen LogP contribution in [0.3, 0.4) is 0 Å². The smallest absolute Gasteiger partial charge is 0.208 e. The van der Waals surface area contributed by atoms with Crippen LogP contribution in [-0.2, 0) is 10.0 Å². The van der Waals surface area contributed by atoms with Gasteiger partial charge in [0.1, 0.15) is 4.99 Å². The van der Waals surface area contributed by atoms with Gasteiger partial charge in [-0.15, -0.1) is 0 Å². The van der Waals surface area contributed by atoms with Crippen LogP contribution in [0.4, 0.5) is 5.69 Å². The molecule has 18 heavy (non-hydrogen) atoms. The fraction of sp³-hybridized carbons (Fsp3) is 0.364. The Hall–Kier alpha value is -1.18. The van der Waals surface area contributed by atoms with E-state index in [1.165, 1.54) is 0 Å². The third-order valence-corrected chi connectivity index (χ3v) is 3.19. The van der Waals surface area contributed by atoms with Gasteiger partial charge >= 0.3 is 0 Å². The van der Waals surface area contributed by atoms with Crippen molar-refractivity contribution in [3.8, 4) is 0 Å². The zero-order valence-electron chi connectivity index (χ0n) is 10.4. The second-order valence-electron chi connectivity index (χ2n) is 4.01. The van der Waals surface area contributed by atoms with Crippen LogP contribution in [0.25, 0.3) is 0 Å². The van der Waals surface area contributed by atoms with E-state index in [2.05, 4.69) is 10.0 Å². The molecule has 0 saturated heterocycles. The number of thiocarbonyl (C=S) groups is 1. The van der Waals surface area contributed by atoms with Gasteiger partial charge in [0, 0.05) is 24.3 Å². The highest BCUT2D eigenvalue weighted by Crippen LogP contribution is 2.17. The molecule has 4 N–H and O–H groups in total. The summed E-state index contributed by atoms with van der Waals surface area (Å²) in [4.78, 5) is 0.313. The van der Waals surface area contributed by atoms with Gasteiger partial charge in [0.05, 0.1) is 6.26 Å². The van der Waals surface area contributed by atoms with Crippen molar-refractivity contribution in [2.75, 3.05) is 24.7 Å². The number of anilines is 1. The molecule has 5 nitrogen and oxygen atoms in total. The third kappa shape index (κ3) is 4.99. The molecule has 0 aliphatic carbocycles. The second-order valence-corrected chi connectivity index (χ2v) is 6.28. The van der Waals surface area contributed by atoms with Crippen LogP contribution in [0.1, 0.15) is 11.1 Å². The molecule has 0 fully saturated rings. The summed E-state index contributed by atoms with van der Waals surface area (Å²) >= 11 is 4.96. The van der Waals surface area contributed by atoms with Crippen LogP contribution in [-0.4, -0.2) is 32.8 Å². The normalized spacial score (nSPS) is 11.2. The maximum atomic E-state index is 10.9. The van der Waals surface area contributed by atoms with Crippen LogP contribution in [0.2, 0.25) is 0 Å². The van der Waals surface area contributed by atoms with Crippen LogP contribution in [0.5, 0.6) is 0 Å². The summed E-state index contributed by atoms with van der Waals surface area (Å²) < 4.78 is 24.2. The maximum absolute atomic E-state index is 10.9. The zero-order chi connectivity index (χ0) is 13.8. The minimum absolute atomic E-state index is 0.309. The van der Waals surface area contributed by atoms with Gasteiger partial charge in [-0.1, -0.05) is 18.3 Å². The van der Waals surface area contributed by atoms with Gasteiger partial charge in [0.2, 0.25) is 10.0 Å². The summed E-state index contributed by atoms with van der Waals surface area (Å²) in [5, 5.41) is 3.11. The molecular weight excluding hydrogens is 270 g/mol. The van der Waals surface area contributed by atoms with E-state index in [1.54, 1.807) is 0 Å². The van der Waals surface area contributed by atoms with Crippen LogP contribution in [0.15, 0.2) is 18.2 Å². The first-order valence-electron chi connectivity index (χ1n) is 5.38. The Kier molecular flexibility index (Phi) is 5.06. The van der Waals surface area contributed by atoms with Crippen LogP contribution < -0.4 is 15.8 Å². The monoisotopic (exact) mass is 287 g/mol. The first-order chi connectivity index (χ1) is 8.29. The van der Waals surface area contributed by atoms with E-state index in [9.17, 15) is 8.42 Å². The number of nitrogens with two attached hydrogens (primary N) is 1. The number of hydrogen-bond acceptors (Lipinski definition) is 4. The van der Waals surface area contributed by atoms with Crippen molar-refractivity contribution >= 4 is 32.9 Å². The lowest BCUT2D eigenvalue weighted by atomic mass is 10.1. The summed E-state index contributed by atoms with van der Waals surface area (Å²) in [7, 11) is -3.15. The molecule has 1 rings (SSSR count). The van der Waals surface area contributed by atoms with Gasteiger partial charge in [0.15, 0.2) is 0 Å². The second kappa shape index (κ2) is 6.12. The van der Waals surface area contributed by atoms with E-state index in [0.29, 0.717) is 18.1 Å². The number of benzene rings is 1. The van der Waals surface area contributed by atoms with Crippen molar-refractivity contribution < 1.29 is 8.42 Å². The highest BCUT2D eigenvalue weighted by Gasteiger charge is 2.05. The van der Waals surface area contributed by atoms with Gasteiger partial charge in [0.25, 0.3) is 0 Å². The summed E-state index contributed by atoms with van der Waals surface area (Å²) in [5.74, 6) is 0. The van der Waals surface area contributed by atoms with E-state index in [-0.39, 0.29) is 0 Å². The van der Waals surface area contributed by atoms with E-state index >= 15 is 0 Å². The van der Waals surface area contributed by atoms with Crippen molar-refractivity contribution in [2.24, 2.45) is 5.73 Å². The fourth-order valence-corrected chi connectivity index (χ4v) is 2.10. The highest BCUT2D eigenvalue weighted by atomic mass is 32.2. The first kappa shape index (κ1) is 14.9. The van der Waals surface area contributed by atoms with Crippen molar-refractivity contribution in [1.29, 1.82) is 0 Å². The van der Waals surface area contributed by atoms with Gasteiger partial charge in [-0.25, -0.2) is 13.1 Å². The SMILES string of the molecule is Cc1ccc(C(N)=S)c(NCCNS(C)(=O)=O)c1. The van der Waals surface area contributed by atoms with Crippen molar-refractivity contribution in [2.45, 2.75) is 6.92 Å². The minimum Gasteiger partial charge on any atom is -0.389 e. The molecule has 0 amide bonds. The Morgan fingerprint density at radius 3 is 2.61 bits per heavy atom. The first-order valence-corrected chi connectivity index (χ1v) is 7.68. The largest absolute Gasteiger partial charge is 0.389 e. The average molecular weight is 287 g/mol. The summed E-state index contributed by atoms with van der Waals surface area (Å²) in [6, 6.07) is 5.70. The fourth-order valence-electron chi connectivity index (χ4n) is 1.45. The van der Waals surface area contributed by atoms with Crippen LogP contribution >= 0.6 is 12.2 Å². The van der Waals surface area contributed by atoms with E-state index < -0.39 is 10.0 Å². The number of nitrogens with one attached hydrogen (secondary N) is 2. The lowest BCUT2D eigenvalue weighted by Gasteiger charge is -2.12. The van der Waals surface area contributed by atoms with Crippen LogP contribution in [0, 0.1) is 6.92 Å². The molecule has 0 bridgehead atoms. The average Bonchev–Trinajstić information content (AvgIpc) is 2.22. The van der Waals surface area contributed by atoms with E-state index in [1.807, 2.05) is 25.1 Å². The molecule has 1 aromatic rings. The molecule has 0 aliphatic heterocycles. The van der Waals surface area contributed by atoms with Gasteiger partial charge in [-0.05, 0) is 24.6 Å². The maximum Gasteiger partial charge on any atom is 0.208 e. The highest BCUT2D eigenvalue weighted by molar-refractivity contribution is 7.88. The Morgan fingerprint density at radius 1 is 1.39 bits per heavy atom. The molecule has 0 heterocycles. The van der Waals surface area contributed by atoms with Gasteiger partial charge in [-0.3, -0.25) is 0 Å². The Labute approximate surface area is 113 Å². The van der Waals surface area contributed by atoms with Crippen molar-refractivity contribution in [3.05, 3.63) is 29.3 Å². The standard InChI is InChI=1S/C11H17N3O2S2/c1-8-3-4-9(11(12)17)10(7-8)13-5-6-14-18(2,15)16/h3-4,7,13-14H,5-6H2,1-2H3,(H2,12,17). The number of hydrogen-bond donors (Lipinski definition) is 3. The third-order valence-electron chi connectivity index (χ3n) is 2.25. The van der Waals surface area contributed by atoms with Crippen molar-refractivity contribution in [1.82, 2.24) is 4.72 Å². The van der Waals surface area contributed by atoms with E-state index in [4.69, 9.17) is 18.0 Å². The molecule has 0 unspecified atom stereocenters. The molecule has 100 valence electrons. The molecule has 1 aromatic carbocycles. The lowest BCUT2D eigenvalue weighted by Crippen LogP contribution is -2.28. The molecule has 0 spiro atoms. The van der Waals surface area contributed by atoms with Gasteiger partial charge in [-0.2, -0.15) is 0 Å². The predicted molar refractivity (Wildman–Crippen MR) is 78.4 cm³/mol. The lowest BCUT2D eigenvalue weighted by molar-refractivity contribution is 0.589. The summed E-state index contributed by atoms with van der Waals surface area (Å²) in [6.45, 7) is 2.74. The predicted octanol–water partition coefficient (Wildman–Crippen LogP) is 0.590. The quantitative estimate of drug-likeness (QED) is 0.527. The minimum atomic E-state index is -3.15.